The summed E-state index contributed by atoms with van der Waals surface area (Å²) in [6.45, 7) is 0.383. The smallest absolute Gasteiger partial charge is 0.137 e. The van der Waals surface area contributed by atoms with Gasteiger partial charge in [-0.15, -0.1) is 0 Å². The van der Waals surface area contributed by atoms with E-state index in [0.717, 1.165) is 10.0 Å². The molecule has 84 valence electrons. The van der Waals surface area contributed by atoms with Gasteiger partial charge in [-0.25, -0.2) is 0 Å². The number of nitrogens with two attached hydrogens (primary N) is 2. The maximum absolute atomic E-state index is 5.84. The Balaban J connectivity index is 3.20. The molecular weight excluding hydrogens is 260 g/mol. The molecule has 1 aromatic rings. The minimum absolute atomic E-state index is 0.208. The van der Waals surface area contributed by atoms with Crippen molar-refractivity contribution in [3.05, 3.63) is 22.2 Å². The Hall–Kier alpha value is -0.780. The molecule has 0 fully saturated rings. The fourth-order valence-electron chi connectivity index (χ4n) is 1.24. The molecule has 1 rings (SSSR count). The SMILES string of the molecule is COc1cc([C@H](N)CN)cc(OC)c1Br. The number of ether oxygens (including phenoxy) is 2. The van der Waals surface area contributed by atoms with Crippen molar-refractivity contribution >= 4 is 15.9 Å². The zero-order valence-corrected chi connectivity index (χ0v) is 10.4. The van der Waals surface area contributed by atoms with E-state index in [-0.39, 0.29) is 6.04 Å². The van der Waals surface area contributed by atoms with Gasteiger partial charge in [0, 0.05) is 12.6 Å². The summed E-state index contributed by atoms with van der Waals surface area (Å²) in [4.78, 5) is 0. The lowest BCUT2D eigenvalue weighted by Crippen LogP contribution is -2.20. The van der Waals surface area contributed by atoms with Crippen molar-refractivity contribution in [2.45, 2.75) is 6.04 Å². The van der Waals surface area contributed by atoms with Gasteiger partial charge in [0.05, 0.1) is 14.2 Å². The van der Waals surface area contributed by atoms with Gasteiger partial charge in [-0.05, 0) is 33.6 Å². The Bertz CT molecular complexity index is 319. The number of benzene rings is 1. The number of hydrogen-bond donors (Lipinski definition) is 2. The van der Waals surface area contributed by atoms with Gasteiger partial charge in [-0.3, -0.25) is 0 Å². The lowest BCUT2D eigenvalue weighted by atomic mass is 10.1. The molecule has 0 amide bonds. The van der Waals surface area contributed by atoms with Gasteiger partial charge in [0.2, 0.25) is 0 Å². The number of methoxy groups -OCH3 is 2. The molecule has 0 aromatic heterocycles. The largest absolute Gasteiger partial charge is 0.495 e. The minimum atomic E-state index is -0.208. The van der Waals surface area contributed by atoms with Gasteiger partial charge < -0.3 is 20.9 Å². The third-order valence-electron chi connectivity index (χ3n) is 2.15. The van der Waals surface area contributed by atoms with Crippen LogP contribution in [0.1, 0.15) is 11.6 Å². The van der Waals surface area contributed by atoms with E-state index >= 15 is 0 Å². The molecule has 0 spiro atoms. The highest BCUT2D eigenvalue weighted by molar-refractivity contribution is 9.10. The summed E-state index contributed by atoms with van der Waals surface area (Å²) in [5.74, 6) is 1.38. The second-order valence-corrected chi connectivity index (χ2v) is 3.87. The van der Waals surface area contributed by atoms with E-state index in [1.54, 1.807) is 14.2 Å². The first-order valence-electron chi connectivity index (χ1n) is 4.51. The second kappa shape index (κ2) is 5.34. The van der Waals surface area contributed by atoms with Crippen LogP contribution >= 0.6 is 15.9 Å². The Morgan fingerprint density at radius 3 is 2.07 bits per heavy atom. The van der Waals surface area contributed by atoms with Crippen LogP contribution in [-0.4, -0.2) is 20.8 Å². The van der Waals surface area contributed by atoms with Crippen LogP contribution in [0.4, 0.5) is 0 Å². The van der Waals surface area contributed by atoms with E-state index in [4.69, 9.17) is 20.9 Å². The second-order valence-electron chi connectivity index (χ2n) is 3.08. The Labute approximate surface area is 97.7 Å². The number of hydrogen-bond acceptors (Lipinski definition) is 4. The van der Waals surface area contributed by atoms with Crippen LogP contribution in [0.2, 0.25) is 0 Å². The van der Waals surface area contributed by atoms with Gasteiger partial charge in [-0.2, -0.15) is 0 Å². The van der Waals surface area contributed by atoms with Gasteiger partial charge in [0.15, 0.2) is 0 Å². The Kier molecular flexibility index (Phi) is 4.38. The minimum Gasteiger partial charge on any atom is -0.495 e. The van der Waals surface area contributed by atoms with Gasteiger partial charge in [0.25, 0.3) is 0 Å². The molecule has 0 aliphatic carbocycles. The van der Waals surface area contributed by atoms with Crippen molar-refractivity contribution in [2.24, 2.45) is 11.5 Å². The van der Waals surface area contributed by atoms with Gasteiger partial charge in [0.1, 0.15) is 16.0 Å². The Morgan fingerprint density at radius 2 is 1.73 bits per heavy atom. The van der Waals surface area contributed by atoms with Crippen LogP contribution in [0.15, 0.2) is 16.6 Å². The van der Waals surface area contributed by atoms with Crippen molar-refractivity contribution in [3.63, 3.8) is 0 Å². The maximum atomic E-state index is 5.84. The maximum Gasteiger partial charge on any atom is 0.137 e. The van der Waals surface area contributed by atoms with Crippen LogP contribution in [0.3, 0.4) is 0 Å². The summed E-state index contributed by atoms with van der Waals surface area (Å²) < 4.78 is 11.2. The average Bonchev–Trinajstić information content (AvgIpc) is 2.28. The molecular formula is C10H15BrN2O2. The number of halogens is 1. The molecule has 0 bridgehead atoms. The van der Waals surface area contributed by atoms with Crippen molar-refractivity contribution < 1.29 is 9.47 Å². The highest BCUT2D eigenvalue weighted by Crippen LogP contribution is 2.36. The zero-order chi connectivity index (χ0) is 11.4. The summed E-state index contributed by atoms with van der Waals surface area (Å²) in [5.41, 5.74) is 12.2. The first-order chi connectivity index (χ1) is 7.13. The molecule has 0 saturated heterocycles. The molecule has 0 aliphatic heterocycles. The fraction of sp³-hybridized carbons (Fsp3) is 0.400. The van der Waals surface area contributed by atoms with Crippen LogP contribution in [0.25, 0.3) is 0 Å². The topological polar surface area (TPSA) is 70.5 Å². The van der Waals surface area contributed by atoms with Crippen molar-refractivity contribution in [1.82, 2.24) is 0 Å². The molecule has 0 unspecified atom stereocenters. The van der Waals surface area contributed by atoms with E-state index in [1.165, 1.54) is 0 Å². The molecule has 1 aromatic carbocycles. The molecule has 1 atom stereocenters. The first-order valence-corrected chi connectivity index (χ1v) is 5.30. The molecule has 0 aliphatic rings. The summed E-state index contributed by atoms with van der Waals surface area (Å²) in [5, 5.41) is 0. The first kappa shape index (κ1) is 12.3. The van der Waals surface area contributed by atoms with Gasteiger partial charge >= 0.3 is 0 Å². The van der Waals surface area contributed by atoms with Gasteiger partial charge in [-0.1, -0.05) is 0 Å². The van der Waals surface area contributed by atoms with Crippen LogP contribution in [0.5, 0.6) is 11.5 Å². The fourth-order valence-corrected chi connectivity index (χ4v) is 1.79. The summed E-state index contributed by atoms with van der Waals surface area (Å²) >= 11 is 3.38. The highest BCUT2D eigenvalue weighted by Gasteiger charge is 2.13. The third kappa shape index (κ3) is 2.62. The standard InChI is InChI=1S/C10H15BrN2O2/c1-14-8-3-6(7(13)5-12)4-9(15-2)10(8)11/h3-4,7H,5,12-13H2,1-2H3/t7-/m1/s1. The third-order valence-corrected chi connectivity index (χ3v) is 2.93. The van der Waals surface area contributed by atoms with E-state index in [1.807, 2.05) is 12.1 Å². The molecule has 4 nitrogen and oxygen atoms in total. The molecule has 5 heteroatoms. The molecule has 15 heavy (non-hydrogen) atoms. The highest BCUT2D eigenvalue weighted by atomic mass is 79.9. The quantitative estimate of drug-likeness (QED) is 0.872. The number of rotatable bonds is 4. The molecule has 0 saturated carbocycles. The normalized spacial score (nSPS) is 12.3. The molecule has 4 N–H and O–H groups in total. The van der Waals surface area contributed by atoms with E-state index in [2.05, 4.69) is 15.9 Å². The van der Waals surface area contributed by atoms with E-state index < -0.39 is 0 Å². The predicted molar refractivity (Wildman–Crippen MR) is 63.2 cm³/mol. The summed E-state index contributed by atoms with van der Waals surface area (Å²) in [7, 11) is 3.19. The van der Waals surface area contributed by atoms with Crippen molar-refractivity contribution in [3.8, 4) is 11.5 Å². The van der Waals surface area contributed by atoms with Crippen LogP contribution in [-0.2, 0) is 0 Å². The zero-order valence-electron chi connectivity index (χ0n) is 8.79. The Morgan fingerprint density at radius 1 is 1.27 bits per heavy atom. The van der Waals surface area contributed by atoms with E-state index in [9.17, 15) is 0 Å². The predicted octanol–water partition coefficient (Wildman–Crippen LogP) is 1.42. The lowest BCUT2D eigenvalue weighted by Gasteiger charge is -2.14. The molecule has 0 radical (unpaired) electrons. The van der Waals surface area contributed by atoms with Crippen LogP contribution < -0.4 is 20.9 Å². The van der Waals surface area contributed by atoms with Crippen molar-refractivity contribution in [2.75, 3.05) is 20.8 Å². The summed E-state index contributed by atoms with van der Waals surface area (Å²) in [6.07, 6.45) is 0. The monoisotopic (exact) mass is 274 g/mol. The molecule has 0 heterocycles. The lowest BCUT2D eigenvalue weighted by molar-refractivity contribution is 0.388. The van der Waals surface area contributed by atoms with E-state index in [0.29, 0.717) is 18.0 Å². The van der Waals surface area contributed by atoms with Crippen molar-refractivity contribution in [1.29, 1.82) is 0 Å². The van der Waals surface area contributed by atoms with Crippen LogP contribution in [0, 0.1) is 0 Å². The average molecular weight is 275 g/mol. The summed E-state index contributed by atoms with van der Waals surface area (Å²) in [6, 6.07) is 3.50.